The predicted octanol–water partition coefficient (Wildman–Crippen LogP) is 10.8. The number of furan rings is 1. The second-order valence-electron chi connectivity index (χ2n) is 10.0. The van der Waals surface area contributed by atoms with E-state index in [4.69, 9.17) is 4.42 Å². The third-order valence-corrected chi connectivity index (χ3v) is 8.89. The molecule has 0 saturated heterocycles. The largest absolute Gasteiger partial charge is 0.456 e. The molecule has 0 aliphatic carbocycles. The molecule has 0 saturated carbocycles. The van der Waals surface area contributed by atoms with Crippen molar-refractivity contribution < 1.29 is 4.42 Å². The van der Waals surface area contributed by atoms with E-state index in [1.165, 1.54) is 20.2 Å². The first-order chi connectivity index (χ1) is 19.8. The lowest BCUT2D eigenvalue weighted by molar-refractivity contribution is 0.669. The highest BCUT2D eigenvalue weighted by Gasteiger charge is 2.20. The fourth-order valence-electron chi connectivity index (χ4n) is 5.92. The molecule has 8 rings (SSSR count). The summed E-state index contributed by atoms with van der Waals surface area (Å²) in [5.74, 6) is 0. The molecular weight excluding hydrogens is 506 g/mol. The lowest BCUT2D eigenvalue weighted by Gasteiger charge is -2.18. The number of nitriles is 1. The molecule has 186 valence electrons. The zero-order valence-electron chi connectivity index (χ0n) is 21.4. The van der Waals surface area contributed by atoms with Gasteiger partial charge in [0.15, 0.2) is 0 Å². The summed E-state index contributed by atoms with van der Waals surface area (Å²) >= 11 is 1.80. The molecule has 0 amide bonds. The van der Waals surface area contributed by atoms with Crippen molar-refractivity contribution in [3.05, 3.63) is 133 Å². The number of para-hydroxylation sites is 1. The van der Waals surface area contributed by atoms with Crippen LogP contribution >= 0.6 is 11.3 Å². The predicted molar refractivity (Wildman–Crippen MR) is 168 cm³/mol. The van der Waals surface area contributed by atoms with Crippen LogP contribution in [0.2, 0.25) is 0 Å². The van der Waals surface area contributed by atoms with Crippen LogP contribution in [0.5, 0.6) is 0 Å². The molecule has 2 heterocycles. The van der Waals surface area contributed by atoms with Crippen LogP contribution in [0.1, 0.15) is 5.56 Å². The summed E-state index contributed by atoms with van der Waals surface area (Å²) in [5, 5.41) is 15.0. The minimum atomic E-state index is 0.658. The van der Waals surface area contributed by atoms with Crippen molar-refractivity contribution in [2.75, 3.05) is 0 Å². The molecule has 0 aliphatic rings. The number of thiophene rings is 1. The lowest BCUT2D eigenvalue weighted by Crippen LogP contribution is -1.94. The van der Waals surface area contributed by atoms with Crippen molar-refractivity contribution in [3.63, 3.8) is 0 Å². The van der Waals surface area contributed by atoms with E-state index in [9.17, 15) is 5.26 Å². The van der Waals surface area contributed by atoms with Gasteiger partial charge in [-0.15, -0.1) is 11.3 Å². The normalized spacial score (nSPS) is 11.5. The Morgan fingerprint density at radius 1 is 0.500 bits per heavy atom. The molecule has 40 heavy (non-hydrogen) atoms. The maximum atomic E-state index is 10.4. The number of benzene rings is 6. The molecule has 0 unspecified atom stereocenters. The standard InChI is InChI=1S/C37H21NOS/c38-22-26-14-17-27(23-8-2-1-3-9-23)37(25-15-18-33-30(20-25)28-10-4-6-12-32(28)39-33)36(26)24-16-19-35-31(21-24)29-11-5-7-13-34(29)40-35/h1-21H. The average Bonchev–Trinajstić information content (AvgIpc) is 3.58. The Hall–Kier alpha value is -5.17. The van der Waals surface area contributed by atoms with Crippen molar-refractivity contribution in [1.82, 2.24) is 0 Å². The molecule has 0 atom stereocenters. The topological polar surface area (TPSA) is 36.9 Å². The molecule has 2 nitrogen and oxygen atoms in total. The molecule has 6 aromatic carbocycles. The second kappa shape index (κ2) is 8.95. The minimum absolute atomic E-state index is 0.658. The summed E-state index contributed by atoms with van der Waals surface area (Å²) in [5.41, 5.74) is 8.70. The van der Waals surface area contributed by atoms with Crippen LogP contribution in [0, 0.1) is 11.3 Å². The van der Waals surface area contributed by atoms with Crippen LogP contribution in [0.3, 0.4) is 0 Å². The molecule has 0 bridgehead atoms. The summed E-state index contributed by atoms with van der Waals surface area (Å²) in [6, 6.07) is 46.7. The highest BCUT2D eigenvalue weighted by Crippen LogP contribution is 2.45. The van der Waals surface area contributed by atoms with Gasteiger partial charge in [-0.2, -0.15) is 5.26 Å². The molecule has 0 radical (unpaired) electrons. The van der Waals surface area contributed by atoms with Gasteiger partial charge in [-0.1, -0.05) is 84.9 Å². The SMILES string of the molecule is N#Cc1ccc(-c2ccccc2)c(-c2ccc3oc4ccccc4c3c2)c1-c1ccc2sc3ccccc3c2c1. The second-order valence-corrected chi connectivity index (χ2v) is 11.1. The first-order valence-corrected chi connectivity index (χ1v) is 14.1. The van der Waals surface area contributed by atoms with Crippen LogP contribution in [-0.4, -0.2) is 0 Å². The number of hydrogen-bond donors (Lipinski definition) is 0. The van der Waals surface area contributed by atoms with E-state index in [0.29, 0.717) is 5.56 Å². The van der Waals surface area contributed by atoms with Gasteiger partial charge in [0.25, 0.3) is 0 Å². The highest BCUT2D eigenvalue weighted by atomic mass is 32.1. The molecule has 8 aromatic rings. The Bertz CT molecular complexity index is 2280. The molecular formula is C37H21NOS. The quantitative estimate of drug-likeness (QED) is 0.229. The zero-order chi connectivity index (χ0) is 26.6. The van der Waals surface area contributed by atoms with Gasteiger partial charge < -0.3 is 4.42 Å². The number of rotatable bonds is 3. The lowest BCUT2D eigenvalue weighted by atomic mass is 9.84. The molecule has 0 fully saturated rings. The van der Waals surface area contributed by atoms with Crippen molar-refractivity contribution in [2.45, 2.75) is 0 Å². The fraction of sp³-hybridized carbons (Fsp3) is 0. The Balaban J connectivity index is 1.48. The van der Waals surface area contributed by atoms with E-state index in [0.717, 1.165) is 55.3 Å². The Morgan fingerprint density at radius 3 is 2.05 bits per heavy atom. The van der Waals surface area contributed by atoms with Crippen LogP contribution in [-0.2, 0) is 0 Å². The molecule has 0 spiro atoms. The zero-order valence-corrected chi connectivity index (χ0v) is 22.2. The van der Waals surface area contributed by atoms with E-state index in [1.54, 1.807) is 11.3 Å². The first-order valence-electron chi connectivity index (χ1n) is 13.2. The van der Waals surface area contributed by atoms with E-state index >= 15 is 0 Å². The molecule has 3 heteroatoms. The third-order valence-electron chi connectivity index (χ3n) is 7.74. The molecule has 2 aromatic heterocycles. The minimum Gasteiger partial charge on any atom is -0.456 e. The van der Waals surface area contributed by atoms with E-state index < -0.39 is 0 Å². The Labute approximate surface area is 235 Å². The summed E-state index contributed by atoms with van der Waals surface area (Å²) in [4.78, 5) is 0. The number of fused-ring (bicyclic) bond motifs is 6. The van der Waals surface area contributed by atoms with Crippen molar-refractivity contribution >= 4 is 53.4 Å². The molecule has 0 N–H and O–H groups in total. The van der Waals surface area contributed by atoms with Gasteiger partial charge in [0, 0.05) is 36.5 Å². The monoisotopic (exact) mass is 527 g/mol. The Kier molecular flexibility index (Phi) is 5.10. The number of nitrogens with zero attached hydrogens (tertiary/aromatic N) is 1. The fourth-order valence-corrected chi connectivity index (χ4v) is 7.00. The van der Waals surface area contributed by atoms with E-state index in [-0.39, 0.29) is 0 Å². The smallest absolute Gasteiger partial charge is 0.135 e. The summed E-state index contributed by atoms with van der Waals surface area (Å²) < 4.78 is 8.66. The van der Waals surface area contributed by atoms with Gasteiger partial charge in [-0.3, -0.25) is 0 Å². The maximum absolute atomic E-state index is 10.4. The first kappa shape index (κ1) is 22.8. The van der Waals surface area contributed by atoms with Crippen LogP contribution in [0.4, 0.5) is 0 Å². The van der Waals surface area contributed by atoms with Gasteiger partial charge in [-0.05, 0) is 70.3 Å². The van der Waals surface area contributed by atoms with E-state index in [1.807, 2.05) is 30.3 Å². The summed E-state index contributed by atoms with van der Waals surface area (Å²) in [6.45, 7) is 0. The average molecular weight is 528 g/mol. The Morgan fingerprint density at radius 2 is 1.18 bits per heavy atom. The number of hydrogen-bond acceptors (Lipinski definition) is 3. The third kappa shape index (κ3) is 3.48. The van der Waals surface area contributed by atoms with Crippen LogP contribution in [0.25, 0.3) is 75.5 Å². The van der Waals surface area contributed by atoms with Gasteiger partial charge >= 0.3 is 0 Å². The van der Waals surface area contributed by atoms with Crippen molar-refractivity contribution in [1.29, 1.82) is 5.26 Å². The summed E-state index contributed by atoms with van der Waals surface area (Å²) in [6.07, 6.45) is 0. The molecule has 0 aliphatic heterocycles. The van der Waals surface area contributed by atoms with Crippen molar-refractivity contribution in [2.24, 2.45) is 0 Å². The van der Waals surface area contributed by atoms with Gasteiger partial charge in [0.05, 0.1) is 11.6 Å². The van der Waals surface area contributed by atoms with Gasteiger partial charge in [-0.25, -0.2) is 0 Å². The van der Waals surface area contributed by atoms with Gasteiger partial charge in [0.1, 0.15) is 11.2 Å². The van der Waals surface area contributed by atoms with Gasteiger partial charge in [0.2, 0.25) is 0 Å². The maximum Gasteiger partial charge on any atom is 0.135 e. The highest BCUT2D eigenvalue weighted by molar-refractivity contribution is 7.25. The van der Waals surface area contributed by atoms with Crippen LogP contribution in [0.15, 0.2) is 132 Å². The van der Waals surface area contributed by atoms with Crippen molar-refractivity contribution in [3.8, 4) is 39.4 Å². The van der Waals surface area contributed by atoms with E-state index in [2.05, 4.69) is 103 Å². The van der Waals surface area contributed by atoms with Crippen LogP contribution < -0.4 is 0 Å². The summed E-state index contributed by atoms with van der Waals surface area (Å²) in [7, 11) is 0.